The highest BCUT2D eigenvalue weighted by atomic mass is 32.2. The van der Waals surface area contributed by atoms with E-state index in [2.05, 4.69) is 10.0 Å². The van der Waals surface area contributed by atoms with Gasteiger partial charge in [0.25, 0.3) is 0 Å². The summed E-state index contributed by atoms with van der Waals surface area (Å²) in [7, 11) is -3.65. The second-order valence-corrected chi connectivity index (χ2v) is 8.69. The lowest BCUT2D eigenvalue weighted by Gasteiger charge is -2.23. The van der Waals surface area contributed by atoms with Crippen LogP contribution in [0.3, 0.4) is 0 Å². The third kappa shape index (κ3) is 5.93. The summed E-state index contributed by atoms with van der Waals surface area (Å²) in [4.78, 5) is 12.3. The molecule has 6 nitrogen and oxygen atoms in total. The van der Waals surface area contributed by atoms with Gasteiger partial charge in [0.05, 0.1) is 10.4 Å². The normalized spacial score (nSPS) is 15.0. The molecule has 1 unspecified atom stereocenters. The standard InChI is InChI=1S/C16H27N3O3S/c1-6-10-16(5,17)14(20)18-12-8-7-9-13(11-12)23(21,22)19-15(2,3)4/h7-9,11,19H,6,10,17H2,1-5H3,(H,18,20). The van der Waals surface area contributed by atoms with Crippen LogP contribution in [0.15, 0.2) is 29.2 Å². The SMILES string of the molecule is CCCC(C)(N)C(=O)Nc1cccc(S(=O)(=O)NC(C)(C)C)c1. The monoisotopic (exact) mass is 341 g/mol. The van der Waals surface area contributed by atoms with Gasteiger partial charge in [-0.1, -0.05) is 19.4 Å². The Morgan fingerprint density at radius 2 is 1.83 bits per heavy atom. The molecule has 0 saturated heterocycles. The first kappa shape index (κ1) is 19.6. The zero-order valence-corrected chi connectivity index (χ0v) is 15.3. The highest BCUT2D eigenvalue weighted by Gasteiger charge is 2.28. The molecule has 23 heavy (non-hydrogen) atoms. The predicted octanol–water partition coefficient (Wildman–Crippen LogP) is 2.22. The lowest BCUT2D eigenvalue weighted by molar-refractivity contribution is -0.120. The molecule has 1 aromatic rings. The van der Waals surface area contributed by atoms with E-state index >= 15 is 0 Å². The third-order valence-corrected chi connectivity index (χ3v) is 4.89. The van der Waals surface area contributed by atoms with Gasteiger partial charge >= 0.3 is 0 Å². The Morgan fingerprint density at radius 1 is 1.22 bits per heavy atom. The number of nitrogens with two attached hydrogens (primary N) is 1. The molecule has 4 N–H and O–H groups in total. The van der Waals surface area contributed by atoms with Gasteiger partial charge in [-0.2, -0.15) is 0 Å². The summed E-state index contributed by atoms with van der Waals surface area (Å²) in [5, 5.41) is 2.69. The predicted molar refractivity (Wildman–Crippen MR) is 92.6 cm³/mol. The maximum absolute atomic E-state index is 12.3. The van der Waals surface area contributed by atoms with Crippen LogP contribution in [-0.4, -0.2) is 25.4 Å². The third-order valence-electron chi connectivity index (χ3n) is 3.13. The molecule has 7 heteroatoms. The number of hydrogen-bond acceptors (Lipinski definition) is 4. The average Bonchev–Trinajstić information content (AvgIpc) is 2.36. The van der Waals surface area contributed by atoms with E-state index in [0.717, 1.165) is 6.42 Å². The molecule has 0 bridgehead atoms. The largest absolute Gasteiger partial charge is 0.324 e. The summed E-state index contributed by atoms with van der Waals surface area (Å²) >= 11 is 0. The fourth-order valence-electron chi connectivity index (χ4n) is 2.11. The van der Waals surface area contributed by atoms with E-state index in [4.69, 9.17) is 5.73 Å². The average molecular weight is 341 g/mol. The van der Waals surface area contributed by atoms with Crippen molar-refractivity contribution in [3.63, 3.8) is 0 Å². The molecular weight excluding hydrogens is 314 g/mol. The molecule has 0 aliphatic heterocycles. The van der Waals surface area contributed by atoms with Crippen LogP contribution in [0.25, 0.3) is 0 Å². The van der Waals surface area contributed by atoms with Crippen molar-refractivity contribution in [2.24, 2.45) is 5.73 Å². The molecule has 0 fully saturated rings. The van der Waals surface area contributed by atoms with Gasteiger partial charge in [-0.25, -0.2) is 13.1 Å². The van der Waals surface area contributed by atoms with Crippen molar-refractivity contribution in [3.8, 4) is 0 Å². The quantitative estimate of drug-likeness (QED) is 0.738. The van der Waals surface area contributed by atoms with Crippen LogP contribution in [0.4, 0.5) is 5.69 Å². The number of sulfonamides is 1. The molecule has 1 rings (SSSR count). The fraction of sp³-hybridized carbons (Fsp3) is 0.562. The zero-order valence-electron chi connectivity index (χ0n) is 14.4. The molecule has 0 aromatic heterocycles. The summed E-state index contributed by atoms with van der Waals surface area (Å²) in [6, 6.07) is 6.13. The number of amides is 1. The van der Waals surface area contributed by atoms with Crippen molar-refractivity contribution in [2.45, 2.75) is 63.4 Å². The minimum absolute atomic E-state index is 0.0967. The number of carbonyl (C=O) groups is 1. The summed E-state index contributed by atoms with van der Waals surface area (Å²) in [5.41, 5.74) is 4.80. The van der Waals surface area contributed by atoms with E-state index in [1.165, 1.54) is 12.1 Å². The fourth-order valence-corrected chi connectivity index (χ4v) is 3.57. The Hall–Kier alpha value is -1.44. The Labute approximate surface area is 138 Å². The highest BCUT2D eigenvalue weighted by molar-refractivity contribution is 7.89. The van der Waals surface area contributed by atoms with E-state index in [-0.39, 0.29) is 10.8 Å². The number of carbonyl (C=O) groups excluding carboxylic acids is 1. The Kier molecular flexibility index (Phi) is 5.95. The van der Waals surface area contributed by atoms with Gasteiger partial charge in [0.1, 0.15) is 0 Å². The van der Waals surface area contributed by atoms with Crippen LogP contribution < -0.4 is 15.8 Å². The van der Waals surface area contributed by atoms with E-state index in [1.807, 2.05) is 6.92 Å². The van der Waals surface area contributed by atoms with E-state index in [1.54, 1.807) is 39.8 Å². The van der Waals surface area contributed by atoms with E-state index in [0.29, 0.717) is 12.1 Å². The first-order valence-electron chi connectivity index (χ1n) is 7.62. The van der Waals surface area contributed by atoms with Gasteiger partial charge < -0.3 is 11.1 Å². The first-order chi connectivity index (χ1) is 10.4. The maximum Gasteiger partial charge on any atom is 0.244 e. The molecule has 0 spiro atoms. The van der Waals surface area contributed by atoms with Gasteiger partial charge in [0, 0.05) is 11.2 Å². The first-order valence-corrected chi connectivity index (χ1v) is 9.10. The summed E-state index contributed by atoms with van der Waals surface area (Å²) in [6.45, 7) is 8.90. The molecule has 1 aromatic carbocycles. The van der Waals surface area contributed by atoms with Crippen molar-refractivity contribution in [3.05, 3.63) is 24.3 Å². The number of hydrogen-bond donors (Lipinski definition) is 3. The van der Waals surface area contributed by atoms with Crippen LogP contribution in [-0.2, 0) is 14.8 Å². The second kappa shape index (κ2) is 6.98. The Morgan fingerprint density at radius 3 is 2.35 bits per heavy atom. The Bertz CT molecular complexity index is 661. The van der Waals surface area contributed by atoms with Crippen molar-refractivity contribution in [1.29, 1.82) is 0 Å². The summed E-state index contributed by atoms with van der Waals surface area (Å²) < 4.78 is 27.3. The molecule has 0 saturated carbocycles. The van der Waals surface area contributed by atoms with Gasteiger partial charge in [0.15, 0.2) is 0 Å². The number of benzene rings is 1. The number of rotatable bonds is 6. The Balaban J connectivity index is 3.00. The summed E-state index contributed by atoms with van der Waals surface area (Å²) in [6.07, 6.45) is 1.33. The maximum atomic E-state index is 12.3. The second-order valence-electron chi connectivity index (χ2n) is 7.00. The van der Waals surface area contributed by atoms with Crippen molar-refractivity contribution in [1.82, 2.24) is 4.72 Å². The zero-order chi connectivity index (χ0) is 17.9. The molecule has 1 atom stereocenters. The highest BCUT2D eigenvalue weighted by Crippen LogP contribution is 2.19. The van der Waals surface area contributed by atoms with Gasteiger partial charge in [0.2, 0.25) is 15.9 Å². The molecule has 0 aliphatic carbocycles. The molecular formula is C16H27N3O3S. The topological polar surface area (TPSA) is 101 Å². The molecule has 1 amide bonds. The molecule has 0 radical (unpaired) electrons. The van der Waals surface area contributed by atoms with E-state index < -0.39 is 21.1 Å². The van der Waals surface area contributed by atoms with Crippen molar-refractivity contribution < 1.29 is 13.2 Å². The lowest BCUT2D eigenvalue weighted by atomic mass is 9.96. The number of anilines is 1. The van der Waals surface area contributed by atoms with Crippen LogP contribution in [0.5, 0.6) is 0 Å². The van der Waals surface area contributed by atoms with Gasteiger partial charge in [-0.05, 0) is 52.3 Å². The molecule has 0 heterocycles. The van der Waals surface area contributed by atoms with Crippen molar-refractivity contribution in [2.75, 3.05) is 5.32 Å². The van der Waals surface area contributed by atoms with Gasteiger partial charge in [-0.3, -0.25) is 4.79 Å². The lowest BCUT2D eigenvalue weighted by Crippen LogP contribution is -2.48. The minimum atomic E-state index is -3.65. The van der Waals surface area contributed by atoms with Gasteiger partial charge in [-0.15, -0.1) is 0 Å². The van der Waals surface area contributed by atoms with Crippen molar-refractivity contribution >= 4 is 21.6 Å². The molecule has 130 valence electrons. The minimum Gasteiger partial charge on any atom is -0.324 e. The van der Waals surface area contributed by atoms with Crippen LogP contribution in [0.2, 0.25) is 0 Å². The van der Waals surface area contributed by atoms with Crippen LogP contribution in [0.1, 0.15) is 47.5 Å². The van der Waals surface area contributed by atoms with Crippen LogP contribution in [0, 0.1) is 0 Å². The molecule has 0 aliphatic rings. The smallest absolute Gasteiger partial charge is 0.244 e. The summed E-state index contributed by atoms with van der Waals surface area (Å²) in [5.74, 6) is -0.335. The van der Waals surface area contributed by atoms with Crippen LogP contribution >= 0.6 is 0 Å². The number of nitrogens with one attached hydrogen (secondary N) is 2. The van der Waals surface area contributed by atoms with E-state index in [9.17, 15) is 13.2 Å².